The Bertz CT molecular complexity index is 550. The summed E-state index contributed by atoms with van der Waals surface area (Å²) in [4.78, 5) is 14.0. The van der Waals surface area contributed by atoms with Gasteiger partial charge in [0, 0.05) is 5.69 Å². The minimum Gasteiger partial charge on any atom is -0.304 e. The van der Waals surface area contributed by atoms with Crippen LogP contribution in [0.1, 0.15) is 18.5 Å². The molecule has 1 aliphatic heterocycles. The molecule has 1 heterocycles. The van der Waals surface area contributed by atoms with Crippen LogP contribution in [0.5, 0.6) is 0 Å². The zero-order valence-corrected chi connectivity index (χ0v) is 10.3. The monoisotopic (exact) mass is 237 g/mol. The summed E-state index contributed by atoms with van der Waals surface area (Å²) in [5, 5.41) is 0. The number of anilines is 1. The van der Waals surface area contributed by atoms with E-state index in [9.17, 15) is 4.79 Å². The van der Waals surface area contributed by atoms with E-state index < -0.39 is 0 Å². The zero-order valence-electron chi connectivity index (χ0n) is 10.3. The van der Waals surface area contributed by atoms with E-state index in [2.05, 4.69) is 12.1 Å². The fourth-order valence-corrected chi connectivity index (χ4v) is 2.60. The van der Waals surface area contributed by atoms with Crippen molar-refractivity contribution in [3.8, 4) is 0 Å². The highest BCUT2D eigenvalue weighted by Gasteiger charge is 2.45. The first-order valence-electron chi connectivity index (χ1n) is 6.22. The van der Waals surface area contributed by atoms with Crippen LogP contribution in [0.25, 0.3) is 0 Å². The number of para-hydroxylation sites is 1. The van der Waals surface area contributed by atoms with Crippen molar-refractivity contribution in [1.82, 2.24) is 0 Å². The van der Waals surface area contributed by atoms with Gasteiger partial charge in [0.1, 0.15) is 0 Å². The molecule has 3 rings (SSSR count). The third-order valence-electron chi connectivity index (χ3n) is 3.55. The van der Waals surface area contributed by atoms with Crippen molar-refractivity contribution < 1.29 is 4.79 Å². The molecular weight excluding hydrogens is 222 g/mol. The standard InChI is InChI=1S/C16H15NO/c1-12-15(13-8-4-2-5-9-13)17(16(12)18)14-10-6-3-7-11-14/h2-12,15H,1H3/t12-,15+/m1/s1. The van der Waals surface area contributed by atoms with E-state index in [1.54, 1.807) is 0 Å². The van der Waals surface area contributed by atoms with Gasteiger partial charge in [0.15, 0.2) is 0 Å². The molecule has 0 aliphatic carbocycles. The number of carbonyl (C=O) groups excluding carboxylic acids is 1. The summed E-state index contributed by atoms with van der Waals surface area (Å²) >= 11 is 0. The molecule has 0 unspecified atom stereocenters. The Morgan fingerprint density at radius 3 is 2.06 bits per heavy atom. The molecule has 1 aliphatic rings. The van der Waals surface area contributed by atoms with Gasteiger partial charge < -0.3 is 4.90 Å². The fraction of sp³-hybridized carbons (Fsp3) is 0.188. The van der Waals surface area contributed by atoms with E-state index in [0.29, 0.717) is 0 Å². The number of β-lactam (4-membered cyclic amide) rings is 1. The molecule has 2 nitrogen and oxygen atoms in total. The molecule has 2 aromatic rings. The summed E-state index contributed by atoms with van der Waals surface area (Å²) in [6.45, 7) is 2.00. The molecule has 1 amide bonds. The van der Waals surface area contributed by atoms with Crippen molar-refractivity contribution in [1.29, 1.82) is 0 Å². The highest BCUT2D eigenvalue weighted by atomic mass is 16.2. The lowest BCUT2D eigenvalue weighted by atomic mass is 9.83. The molecule has 0 bridgehead atoms. The van der Waals surface area contributed by atoms with Gasteiger partial charge in [-0.3, -0.25) is 4.79 Å². The maximum Gasteiger partial charge on any atom is 0.232 e. The van der Waals surface area contributed by atoms with Crippen LogP contribution in [0.3, 0.4) is 0 Å². The Kier molecular flexibility index (Phi) is 2.63. The quantitative estimate of drug-likeness (QED) is 0.733. The van der Waals surface area contributed by atoms with Gasteiger partial charge in [-0.05, 0) is 17.7 Å². The summed E-state index contributed by atoms with van der Waals surface area (Å²) in [6.07, 6.45) is 0. The van der Waals surface area contributed by atoms with E-state index in [1.165, 1.54) is 5.56 Å². The van der Waals surface area contributed by atoms with Crippen molar-refractivity contribution in [3.63, 3.8) is 0 Å². The van der Waals surface area contributed by atoms with Crippen LogP contribution in [0, 0.1) is 5.92 Å². The number of rotatable bonds is 2. The Labute approximate surface area is 107 Å². The normalized spacial score (nSPS) is 22.7. The first-order chi connectivity index (χ1) is 8.79. The van der Waals surface area contributed by atoms with Crippen molar-refractivity contribution in [3.05, 3.63) is 66.2 Å². The second kappa shape index (κ2) is 4.30. The molecule has 0 N–H and O–H groups in total. The summed E-state index contributed by atoms with van der Waals surface area (Å²) in [6, 6.07) is 20.3. The largest absolute Gasteiger partial charge is 0.304 e. The second-order valence-corrected chi connectivity index (χ2v) is 4.69. The maximum atomic E-state index is 12.1. The first-order valence-corrected chi connectivity index (χ1v) is 6.22. The molecule has 0 aromatic heterocycles. The molecule has 0 saturated carbocycles. The number of hydrogen-bond acceptors (Lipinski definition) is 1. The minimum atomic E-state index is 0.0626. The number of carbonyl (C=O) groups is 1. The molecule has 90 valence electrons. The fourth-order valence-electron chi connectivity index (χ4n) is 2.60. The molecule has 2 aromatic carbocycles. The van der Waals surface area contributed by atoms with Crippen LogP contribution in [-0.2, 0) is 4.79 Å². The van der Waals surface area contributed by atoms with Crippen LogP contribution in [0.4, 0.5) is 5.69 Å². The lowest BCUT2D eigenvalue weighted by molar-refractivity contribution is -0.129. The lowest BCUT2D eigenvalue weighted by Gasteiger charge is -2.46. The molecule has 1 saturated heterocycles. The smallest absolute Gasteiger partial charge is 0.232 e. The van der Waals surface area contributed by atoms with Crippen molar-refractivity contribution in [2.45, 2.75) is 13.0 Å². The second-order valence-electron chi connectivity index (χ2n) is 4.69. The number of hydrogen-bond donors (Lipinski definition) is 0. The average Bonchev–Trinajstić information content (AvgIpc) is 2.45. The van der Waals surface area contributed by atoms with Gasteiger partial charge in [-0.25, -0.2) is 0 Å². The molecular formula is C16H15NO. The highest BCUT2D eigenvalue weighted by molar-refractivity contribution is 6.02. The van der Waals surface area contributed by atoms with Gasteiger partial charge in [-0.2, -0.15) is 0 Å². The van der Waals surface area contributed by atoms with Crippen molar-refractivity contribution >= 4 is 11.6 Å². The summed E-state index contributed by atoms with van der Waals surface area (Å²) in [5.74, 6) is 0.266. The predicted octanol–water partition coefficient (Wildman–Crippen LogP) is 3.41. The van der Waals surface area contributed by atoms with E-state index in [0.717, 1.165) is 5.69 Å². The molecule has 18 heavy (non-hydrogen) atoms. The Morgan fingerprint density at radius 2 is 1.44 bits per heavy atom. The van der Waals surface area contributed by atoms with Crippen LogP contribution < -0.4 is 4.90 Å². The Hall–Kier alpha value is -2.09. The molecule has 2 atom stereocenters. The molecule has 2 heteroatoms. The third kappa shape index (κ3) is 1.61. The van der Waals surface area contributed by atoms with Gasteiger partial charge >= 0.3 is 0 Å². The zero-order chi connectivity index (χ0) is 12.5. The lowest BCUT2D eigenvalue weighted by Crippen LogP contribution is -2.54. The molecule has 0 spiro atoms. The molecule has 1 fully saturated rings. The van der Waals surface area contributed by atoms with Gasteiger partial charge in [0.05, 0.1) is 12.0 Å². The average molecular weight is 237 g/mol. The first kappa shape index (κ1) is 11.0. The van der Waals surface area contributed by atoms with Gasteiger partial charge in [0.2, 0.25) is 5.91 Å². The summed E-state index contributed by atoms with van der Waals surface area (Å²) < 4.78 is 0. The van der Waals surface area contributed by atoms with Crippen molar-refractivity contribution in [2.24, 2.45) is 5.92 Å². The van der Waals surface area contributed by atoms with Gasteiger partial charge in [-0.1, -0.05) is 55.5 Å². The van der Waals surface area contributed by atoms with E-state index in [4.69, 9.17) is 0 Å². The Balaban J connectivity index is 1.97. The summed E-state index contributed by atoms with van der Waals surface area (Å²) in [7, 11) is 0. The van der Waals surface area contributed by atoms with Crippen LogP contribution in [-0.4, -0.2) is 5.91 Å². The van der Waals surface area contributed by atoms with Crippen LogP contribution in [0.2, 0.25) is 0 Å². The highest BCUT2D eigenvalue weighted by Crippen LogP contribution is 2.42. The van der Waals surface area contributed by atoms with Crippen LogP contribution in [0.15, 0.2) is 60.7 Å². The number of amides is 1. The SMILES string of the molecule is C[C@H]1C(=O)N(c2ccccc2)[C@@H]1c1ccccc1. The maximum absolute atomic E-state index is 12.1. The van der Waals surface area contributed by atoms with Crippen LogP contribution >= 0.6 is 0 Å². The van der Waals surface area contributed by atoms with Crippen molar-refractivity contribution in [2.75, 3.05) is 4.90 Å². The number of benzene rings is 2. The topological polar surface area (TPSA) is 20.3 Å². The number of nitrogens with zero attached hydrogens (tertiary/aromatic N) is 1. The Morgan fingerprint density at radius 1 is 0.889 bits per heavy atom. The van der Waals surface area contributed by atoms with Gasteiger partial charge in [-0.15, -0.1) is 0 Å². The van der Waals surface area contributed by atoms with E-state index >= 15 is 0 Å². The van der Waals surface area contributed by atoms with Gasteiger partial charge in [0.25, 0.3) is 0 Å². The summed E-state index contributed by atoms with van der Waals surface area (Å²) in [5.41, 5.74) is 2.18. The minimum absolute atomic E-state index is 0.0626. The molecule has 0 radical (unpaired) electrons. The van der Waals surface area contributed by atoms with E-state index in [-0.39, 0.29) is 17.9 Å². The van der Waals surface area contributed by atoms with E-state index in [1.807, 2.05) is 60.4 Å². The third-order valence-corrected chi connectivity index (χ3v) is 3.55. The predicted molar refractivity (Wildman–Crippen MR) is 72.3 cm³/mol.